The summed E-state index contributed by atoms with van der Waals surface area (Å²) in [6.07, 6.45) is 0. The van der Waals surface area contributed by atoms with Crippen LogP contribution in [0.3, 0.4) is 0 Å². The van der Waals surface area contributed by atoms with Crippen molar-refractivity contribution in [2.24, 2.45) is 0 Å². The minimum atomic E-state index is -0.123. The molecule has 1 aromatic carbocycles. The van der Waals surface area contributed by atoms with E-state index in [1.165, 1.54) is 0 Å². The number of aliphatic hydroxyl groups is 1. The third-order valence-electron chi connectivity index (χ3n) is 3.79. The van der Waals surface area contributed by atoms with Crippen molar-refractivity contribution in [2.45, 2.75) is 13.0 Å². The molecule has 1 aliphatic heterocycles. The number of nitrogens with zero attached hydrogens (tertiary/aromatic N) is 2. The number of amides is 2. The highest BCUT2D eigenvalue weighted by molar-refractivity contribution is 6.31. The molecule has 5 nitrogen and oxygen atoms in total. The number of rotatable bonds is 4. The van der Waals surface area contributed by atoms with Crippen molar-refractivity contribution in [3.05, 3.63) is 34.9 Å². The van der Waals surface area contributed by atoms with Gasteiger partial charge in [-0.3, -0.25) is 4.90 Å². The molecule has 2 N–H and O–H groups in total. The van der Waals surface area contributed by atoms with Crippen molar-refractivity contribution in [2.75, 3.05) is 39.3 Å². The van der Waals surface area contributed by atoms with E-state index >= 15 is 0 Å². The van der Waals surface area contributed by atoms with Crippen LogP contribution in [0.4, 0.5) is 4.79 Å². The van der Waals surface area contributed by atoms with Gasteiger partial charge in [0, 0.05) is 37.7 Å². The first-order valence-corrected chi connectivity index (χ1v) is 7.62. The molecule has 0 aliphatic carbocycles. The van der Waals surface area contributed by atoms with Crippen molar-refractivity contribution < 1.29 is 9.90 Å². The molecular weight excluding hydrogens is 290 g/mol. The number of β-amino-alcohol motifs (C(OH)–C–C–N with tert-alkyl or cyclic N) is 1. The van der Waals surface area contributed by atoms with Crippen LogP contribution in [-0.4, -0.2) is 60.3 Å². The third-order valence-corrected chi connectivity index (χ3v) is 4.13. The van der Waals surface area contributed by atoms with E-state index < -0.39 is 0 Å². The molecule has 1 heterocycles. The lowest BCUT2D eigenvalue weighted by Crippen LogP contribution is -2.52. The van der Waals surface area contributed by atoms with Gasteiger partial charge in [0.05, 0.1) is 12.6 Å². The van der Waals surface area contributed by atoms with Gasteiger partial charge in [-0.1, -0.05) is 29.8 Å². The molecule has 1 aliphatic rings. The highest BCUT2D eigenvalue weighted by atomic mass is 35.5. The average molecular weight is 312 g/mol. The first-order chi connectivity index (χ1) is 10.1. The fraction of sp³-hybridized carbons (Fsp3) is 0.533. The normalized spacial score (nSPS) is 17.6. The lowest BCUT2D eigenvalue weighted by atomic mass is 10.1. The summed E-state index contributed by atoms with van der Waals surface area (Å²) in [7, 11) is 0. The standard InChI is InChI=1S/C15H22ClN3O2/c1-12(13-4-2-3-5-14(13)16)17-15(21)19-8-6-18(7-9-19)10-11-20/h2-5,12,20H,6-11H2,1H3,(H,17,21)/t12-/m1/s1. The molecule has 1 fully saturated rings. The Labute approximate surface area is 130 Å². The van der Waals surface area contributed by atoms with E-state index in [1.54, 1.807) is 4.90 Å². The summed E-state index contributed by atoms with van der Waals surface area (Å²) in [5.41, 5.74) is 0.923. The van der Waals surface area contributed by atoms with Gasteiger partial charge in [0.2, 0.25) is 0 Å². The molecule has 6 heteroatoms. The van der Waals surface area contributed by atoms with E-state index in [0.717, 1.165) is 18.7 Å². The first kappa shape index (κ1) is 16.1. The number of hydrogen-bond acceptors (Lipinski definition) is 3. The first-order valence-electron chi connectivity index (χ1n) is 7.25. The Kier molecular flexibility index (Phi) is 5.85. The SMILES string of the molecule is C[C@@H](NC(=O)N1CCN(CCO)CC1)c1ccccc1Cl. The minimum absolute atomic E-state index is 0.0638. The second kappa shape index (κ2) is 7.64. The predicted molar refractivity (Wildman–Crippen MR) is 83.5 cm³/mol. The molecular formula is C15H22ClN3O2. The molecule has 1 saturated heterocycles. The maximum Gasteiger partial charge on any atom is 0.317 e. The quantitative estimate of drug-likeness (QED) is 0.890. The smallest absolute Gasteiger partial charge is 0.317 e. The molecule has 0 unspecified atom stereocenters. The van der Waals surface area contributed by atoms with Gasteiger partial charge in [0.15, 0.2) is 0 Å². The molecule has 21 heavy (non-hydrogen) atoms. The number of halogens is 1. The Morgan fingerprint density at radius 1 is 1.33 bits per heavy atom. The number of benzene rings is 1. The topological polar surface area (TPSA) is 55.8 Å². The summed E-state index contributed by atoms with van der Waals surface area (Å²) < 4.78 is 0. The van der Waals surface area contributed by atoms with Gasteiger partial charge < -0.3 is 15.3 Å². The van der Waals surface area contributed by atoms with E-state index in [0.29, 0.717) is 24.7 Å². The van der Waals surface area contributed by atoms with Crippen LogP contribution in [0.1, 0.15) is 18.5 Å². The molecule has 2 amide bonds. The lowest BCUT2D eigenvalue weighted by Gasteiger charge is -2.35. The van der Waals surface area contributed by atoms with Gasteiger partial charge in [0.1, 0.15) is 0 Å². The Bertz CT molecular complexity index is 476. The molecule has 0 bridgehead atoms. The minimum Gasteiger partial charge on any atom is -0.395 e. The highest BCUT2D eigenvalue weighted by Gasteiger charge is 2.22. The monoisotopic (exact) mass is 311 g/mol. The predicted octanol–water partition coefficient (Wildman–Crippen LogP) is 1.72. The van der Waals surface area contributed by atoms with E-state index in [9.17, 15) is 4.79 Å². The number of urea groups is 1. The Hall–Kier alpha value is -1.30. The van der Waals surface area contributed by atoms with Crippen molar-refractivity contribution in [3.8, 4) is 0 Å². The Morgan fingerprint density at radius 3 is 2.62 bits per heavy atom. The number of aliphatic hydroxyl groups excluding tert-OH is 1. The molecule has 2 rings (SSSR count). The van der Waals surface area contributed by atoms with Crippen LogP contribution in [-0.2, 0) is 0 Å². The number of hydrogen-bond donors (Lipinski definition) is 2. The second-order valence-corrected chi connectivity index (χ2v) is 5.65. The lowest BCUT2D eigenvalue weighted by molar-refractivity contribution is 0.121. The zero-order chi connectivity index (χ0) is 15.2. The van der Waals surface area contributed by atoms with Crippen molar-refractivity contribution in [3.63, 3.8) is 0 Å². The molecule has 0 radical (unpaired) electrons. The largest absolute Gasteiger partial charge is 0.395 e. The summed E-state index contributed by atoms with van der Waals surface area (Å²) in [5.74, 6) is 0. The number of nitrogens with one attached hydrogen (secondary N) is 1. The molecule has 116 valence electrons. The van der Waals surface area contributed by atoms with Crippen molar-refractivity contribution in [1.82, 2.24) is 15.1 Å². The highest BCUT2D eigenvalue weighted by Crippen LogP contribution is 2.22. The van der Waals surface area contributed by atoms with Crippen LogP contribution >= 0.6 is 11.6 Å². The van der Waals surface area contributed by atoms with E-state index in [2.05, 4.69) is 10.2 Å². The van der Waals surface area contributed by atoms with Gasteiger partial charge in [0.25, 0.3) is 0 Å². The fourth-order valence-electron chi connectivity index (χ4n) is 2.50. The summed E-state index contributed by atoms with van der Waals surface area (Å²) in [4.78, 5) is 16.2. The van der Waals surface area contributed by atoms with Crippen LogP contribution in [0.25, 0.3) is 0 Å². The summed E-state index contributed by atoms with van der Waals surface area (Å²) in [6, 6.07) is 7.35. The van der Waals surface area contributed by atoms with E-state index in [4.69, 9.17) is 16.7 Å². The number of carbonyl (C=O) groups is 1. The Morgan fingerprint density at radius 2 is 2.00 bits per heavy atom. The Balaban J connectivity index is 1.86. The zero-order valence-corrected chi connectivity index (χ0v) is 13.0. The summed E-state index contributed by atoms with van der Waals surface area (Å²) in [6.45, 7) is 5.73. The van der Waals surface area contributed by atoms with Crippen molar-refractivity contribution >= 4 is 17.6 Å². The maximum absolute atomic E-state index is 12.3. The summed E-state index contributed by atoms with van der Waals surface area (Å²) in [5, 5.41) is 12.6. The zero-order valence-electron chi connectivity index (χ0n) is 12.3. The van der Waals surface area contributed by atoms with Gasteiger partial charge >= 0.3 is 6.03 Å². The third kappa shape index (κ3) is 4.33. The van der Waals surface area contributed by atoms with Crippen LogP contribution in [0.5, 0.6) is 0 Å². The van der Waals surface area contributed by atoms with Crippen molar-refractivity contribution in [1.29, 1.82) is 0 Å². The molecule has 1 aromatic rings. The van der Waals surface area contributed by atoms with E-state index in [-0.39, 0.29) is 18.7 Å². The molecule has 1 atom stereocenters. The average Bonchev–Trinajstić information content (AvgIpc) is 2.48. The molecule has 0 aromatic heterocycles. The van der Waals surface area contributed by atoms with Gasteiger partial charge in [-0.15, -0.1) is 0 Å². The fourth-order valence-corrected chi connectivity index (χ4v) is 2.80. The van der Waals surface area contributed by atoms with Crippen LogP contribution in [0.15, 0.2) is 24.3 Å². The second-order valence-electron chi connectivity index (χ2n) is 5.24. The van der Waals surface area contributed by atoms with Gasteiger partial charge in [-0.2, -0.15) is 0 Å². The van der Waals surface area contributed by atoms with Crippen LogP contribution in [0.2, 0.25) is 5.02 Å². The summed E-state index contributed by atoms with van der Waals surface area (Å²) >= 11 is 6.15. The van der Waals surface area contributed by atoms with E-state index in [1.807, 2.05) is 31.2 Å². The van der Waals surface area contributed by atoms with Gasteiger partial charge in [-0.25, -0.2) is 4.79 Å². The van der Waals surface area contributed by atoms with Crippen LogP contribution in [0, 0.1) is 0 Å². The molecule has 0 spiro atoms. The number of carbonyl (C=O) groups excluding carboxylic acids is 1. The number of piperazine rings is 1. The van der Waals surface area contributed by atoms with Crippen LogP contribution < -0.4 is 5.32 Å². The van der Waals surface area contributed by atoms with Gasteiger partial charge in [-0.05, 0) is 18.6 Å². The maximum atomic E-state index is 12.3. The molecule has 0 saturated carbocycles.